The number of H-pyrrole nitrogens is 1. The first-order valence-electron chi connectivity index (χ1n) is 10.3. The number of benzene rings is 2. The number of hydrogen-bond donors (Lipinski definition) is 2. The van der Waals surface area contributed by atoms with E-state index < -0.39 is 40.6 Å². The molecule has 0 spiro atoms. The summed E-state index contributed by atoms with van der Waals surface area (Å²) in [5.41, 5.74) is -0.325. The molecule has 4 rings (SSSR count). The number of nitrogens with one attached hydrogen (secondary N) is 2. The molecule has 0 aliphatic rings. The number of esters is 1. The summed E-state index contributed by atoms with van der Waals surface area (Å²) in [6, 6.07) is 11.5. The fraction of sp³-hybridized carbons (Fsp3) is 0.174. The number of aromatic nitrogens is 3. The number of Topliss-reactive ketones (excluding diaryl/α,β-unsaturated/α-hetero) is 2. The fourth-order valence-electron chi connectivity index (χ4n) is 3.33. The van der Waals surface area contributed by atoms with Gasteiger partial charge in [-0.2, -0.15) is 0 Å². The Kier molecular flexibility index (Phi) is 6.64. The zero-order valence-electron chi connectivity index (χ0n) is 18.5. The number of fused-ring (bicyclic) bond motifs is 2. The third-order valence-corrected chi connectivity index (χ3v) is 5.86. The third kappa shape index (κ3) is 4.77. The van der Waals surface area contributed by atoms with Crippen molar-refractivity contribution in [2.24, 2.45) is 0 Å². The second-order valence-electron chi connectivity index (χ2n) is 7.16. The molecular weight excluding hydrogens is 476 g/mol. The van der Waals surface area contributed by atoms with E-state index in [9.17, 15) is 24.0 Å². The largest absolute Gasteiger partial charge is 0.494 e. The van der Waals surface area contributed by atoms with Crippen molar-refractivity contribution in [3.63, 3.8) is 0 Å². The number of ketones is 2. The van der Waals surface area contributed by atoms with Gasteiger partial charge in [0.05, 0.1) is 35.0 Å². The van der Waals surface area contributed by atoms with E-state index in [-0.39, 0.29) is 10.6 Å². The molecule has 1 unspecified atom stereocenters. The lowest BCUT2D eigenvalue weighted by molar-refractivity contribution is -0.154. The Labute approximate surface area is 201 Å². The molecular formula is C23H18N4O7S. The molecule has 11 nitrogen and oxygen atoms in total. The molecule has 2 heterocycles. The van der Waals surface area contributed by atoms with E-state index in [0.29, 0.717) is 28.1 Å². The van der Waals surface area contributed by atoms with E-state index in [1.54, 1.807) is 36.4 Å². The monoisotopic (exact) mass is 494 g/mol. The molecule has 0 aliphatic carbocycles. The van der Waals surface area contributed by atoms with E-state index in [0.717, 1.165) is 18.4 Å². The number of hydrogen-bond acceptors (Lipinski definition) is 10. The molecule has 0 radical (unpaired) electrons. The highest BCUT2D eigenvalue weighted by molar-refractivity contribution is 7.22. The van der Waals surface area contributed by atoms with Crippen molar-refractivity contribution < 1.29 is 28.7 Å². The fourth-order valence-corrected chi connectivity index (χ4v) is 4.22. The Hall–Kier alpha value is -4.45. The minimum atomic E-state index is -2.10. The number of carbonyl (C=O) groups is 4. The summed E-state index contributed by atoms with van der Waals surface area (Å²) in [5, 5.41) is 2.42. The second-order valence-corrected chi connectivity index (χ2v) is 8.19. The highest BCUT2D eigenvalue weighted by atomic mass is 32.1. The average Bonchev–Trinajstić information content (AvgIpc) is 3.25. The number of anilines is 1. The molecule has 2 aromatic carbocycles. The topological polar surface area (TPSA) is 157 Å². The summed E-state index contributed by atoms with van der Waals surface area (Å²) >= 11 is 1.08. The van der Waals surface area contributed by atoms with Gasteiger partial charge in [0.15, 0.2) is 5.13 Å². The van der Waals surface area contributed by atoms with Crippen molar-refractivity contribution in [1.29, 1.82) is 0 Å². The first-order valence-corrected chi connectivity index (χ1v) is 11.1. The van der Waals surface area contributed by atoms with Crippen LogP contribution < -0.4 is 15.6 Å². The van der Waals surface area contributed by atoms with Crippen molar-refractivity contribution >= 4 is 61.2 Å². The highest BCUT2D eigenvalue weighted by Gasteiger charge is 2.40. The number of thiazole rings is 1. The number of nitrogens with zero attached hydrogens (tertiary/aromatic N) is 2. The van der Waals surface area contributed by atoms with Crippen LogP contribution in [0, 0.1) is 0 Å². The molecule has 0 saturated carbocycles. The number of ether oxygens (including phenoxy) is 2. The third-order valence-electron chi connectivity index (χ3n) is 4.93. The first-order chi connectivity index (χ1) is 16.8. The molecule has 178 valence electrons. The summed E-state index contributed by atoms with van der Waals surface area (Å²) in [6.45, 7) is 2.32. The van der Waals surface area contributed by atoms with Gasteiger partial charge in [-0.25, -0.2) is 14.8 Å². The Balaban J connectivity index is 1.68. The number of para-hydroxylation sites is 2. The molecule has 35 heavy (non-hydrogen) atoms. The van der Waals surface area contributed by atoms with E-state index in [1.807, 2.05) is 6.92 Å². The summed E-state index contributed by atoms with van der Waals surface area (Å²) < 4.78 is 10.6. The van der Waals surface area contributed by atoms with Gasteiger partial charge in [0.25, 0.3) is 17.2 Å². The predicted octanol–water partition coefficient (Wildman–Crippen LogP) is 1.96. The predicted molar refractivity (Wildman–Crippen MR) is 127 cm³/mol. The van der Waals surface area contributed by atoms with Gasteiger partial charge >= 0.3 is 5.97 Å². The quantitative estimate of drug-likeness (QED) is 0.212. The van der Waals surface area contributed by atoms with Crippen molar-refractivity contribution in [2.45, 2.75) is 12.8 Å². The number of aromatic amines is 1. The van der Waals surface area contributed by atoms with Crippen molar-refractivity contribution in [3.8, 4) is 5.75 Å². The van der Waals surface area contributed by atoms with Crippen LogP contribution in [0.3, 0.4) is 0 Å². The van der Waals surface area contributed by atoms with Crippen LogP contribution in [0.2, 0.25) is 0 Å². The van der Waals surface area contributed by atoms with Gasteiger partial charge < -0.3 is 14.5 Å². The lowest BCUT2D eigenvalue weighted by Crippen LogP contribution is -2.39. The van der Waals surface area contributed by atoms with Crippen LogP contribution in [-0.2, 0) is 23.9 Å². The first kappa shape index (κ1) is 23.7. The Morgan fingerprint density at radius 2 is 1.83 bits per heavy atom. The SMILES string of the molecule is CCOc1ccc2nc(NC(=O)C(=O)C(C(=O)C(=O)OC)c3nc4ccccc4[nH]c3=O)sc2c1. The smallest absolute Gasteiger partial charge is 0.375 e. The van der Waals surface area contributed by atoms with Gasteiger partial charge in [0.2, 0.25) is 5.78 Å². The maximum atomic E-state index is 13.1. The van der Waals surface area contributed by atoms with Crippen LogP contribution in [0.15, 0.2) is 47.3 Å². The lowest BCUT2D eigenvalue weighted by atomic mass is 9.94. The molecule has 0 saturated heterocycles. The Bertz CT molecular complexity index is 1540. The zero-order chi connectivity index (χ0) is 25.1. The van der Waals surface area contributed by atoms with E-state index in [4.69, 9.17) is 4.74 Å². The normalized spacial score (nSPS) is 11.7. The number of methoxy groups -OCH3 is 1. The van der Waals surface area contributed by atoms with Gasteiger partial charge in [0.1, 0.15) is 17.4 Å². The highest BCUT2D eigenvalue weighted by Crippen LogP contribution is 2.29. The van der Waals surface area contributed by atoms with Crippen LogP contribution in [0.5, 0.6) is 5.75 Å². The van der Waals surface area contributed by atoms with Crippen LogP contribution in [-0.4, -0.2) is 52.1 Å². The minimum absolute atomic E-state index is 0.0802. The minimum Gasteiger partial charge on any atom is -0.494 e. The molecule has 0 fully saturated rings. The van der Waals surface area contributed by atoms with Gasteiger partial charge in [-0.15, -0.1) is 0 Å². The molecule has 12 heteroatoms. The Morgan fingerprint density at radius 3 is 2.57 bits per heavy atom. The number of carbonyl (C=O) groups excluding carboxylic acids is 4. The molecule has 1 amide bonds. The summed E-state index contributed by atoms with van der Waals surface area (Å²) in [4.78, 5) is 74.0. The van der Waals surface area contributed by atoms with Crippen molar-refractivity contribution in [1.82, 2.24) is 15.0 Å². The van der Waals surface area contributed by atoms with Gasteiger partial charge in [-0.05, 0) is 37.3 Å². The molecule has 4 aromatic rings. The summed E-state index contributed by atoms with van der Waals surface area (Å²) in [6.07, 6.45) is 0. The number of amides is 1. The summed E-state index contributed by atoms with van der Waals surface area (Å²) in [5.74, 6) is -6.88. The van der Waals surface area contributed by atoms with Crippen LogP contribution >= 0.6 is 11.3 Å². The van der Waals surface area contributed by atoms with Crippen LogP contribution in [0.1, 0.15) is 18.5 Å². The van der Waals surface area contributed by atoms with Crippen LogP contribution in [0.4, 0.5) is 5.13 Å². The standard InChI is InChI=1S/C23H18N4O7S/c1-3-34-11-8-9-14-15(10-11)35-23(26-14)27-21(31)18(28)16(19(29)22(32)33-2)17-20(30)25-13-7-5-4-6-12(13)24-17/h4-10,16H,3H2,1-2H3,(H,25,30)(H,26,27,31). The Morgan fingerprint density at radius 1 is 1.06 bits per heavy atom. The second kappa shape index (κ2) is 9.81. The van der Waals surface area contributed by atoms with E-state index >= 15 is 0 Å². The van der Waals surface area contributed by atoms with Gasteiger partial charge in [-0.1, -0.05) is 23.5 Å². The van der Waals surface area contributed by atoms with Gasteiger partial charge in [0, 0.05) is 0 Å². The van der Waals surface area contributed by atoms with Crippen molar-refractivity contribution in [3.05, 3.63) is 58.5 Å². The molecule has 2 N–H and O–H groups in total. The van der Waals surface area contributed by atoms with Crippen molar-refractivity contribution in [2.75, 3.05) is 19.0 Å². The molecule has 1 atom stereocenters. The van der Waals surface area contributed by atoms with Gasteiger partial charge in [-0.3, -0.25) is 24.5 Å². The lowest BCUT2D eigenvalue weighted by Gasteiger charge is -2.12. The average molecular weight is 494 g/mol. The summed E-state index contributed by atoms with van der Waals surface area (Å²) in [7, 11) is 0.942. The van der Waals surface area contributed by atoms with Crippen LogP contribution in [0.25, 0.3) is 21.3 Å². The van der Waals surface area contributed by atoms with E-state index in [2.05, 4.69) is 25.0 Å². The maximum Gasteiger partial charge on any atom is 0.375 e. The molecule has 0 bridgehead atoms. The van der Waals surface area contributed by atoms with E-state index in [1.165, 1.54) is 6.07 Å². The number of rotatable bonds is 8. The zero-order valence-corrected chi connectivity index (χ0v) is 19.3. The maximum absolute atomic E-state index is 13.1. The molecule has 2 aromatic heterocycles. The molecule has 0 aliphatic heterocycles.